The van der Waals surface area contributed by atoms with Crippen molar-refractivity contribution < 1.29 is 4.74 Å². The minimum atomic E-state index is 0.0293. The molecule has 0 aliphatic heterocycles. The normalized spacial score (nSPS) is 29.8. The van der Waals surface area contributed by atoms with E-state index in [9.17, 15) is 0 Å². The average molecular weight is 227 g/mol. The van der Waals surface area contributed by atoms with Crippen molar-refractivity contribution in [1.82, 2.24) is 5.32 Å². The van der Waals surface area contributed by atoms with Crippen LogP contribution < -0.4 is 5.32 Å². The molecule has 2 atom stereocenters. The SMILES string of the molecule is COC(C)(C)CC1(C)CC1CNCC(C)C. The van der Waals surface area contributed by atoms with Gasteiger partial charge in [-0.05, 0) is 57.0 Å². The molecule has 0 aromatic heterocycles. The summed E-state index contributed by atoms with van der Waals surface area (Å²) < 4.78 is 5.52. The predicted octanol–water partition coefficient (Wildman–Crippen LogP) is 3.07. The van der Waals surface area contributed by atoms with E-state index in [1.807, 2.05) is 7.11 Å². The first kappa shape index (κ1) is 14.0. The topological polar surface area (TPSA) is 21.3 Å². The molecule has 1 aliphatic carbocycles. The molecule has 0 aromatic carbocycles. The van der Waals surface area contributed by atoms with E-state index in [0.717, 1.165) is 18.4 Å². The number of nitrogens with one attached hydrogen (secondary N) is 1. The summed E-state index contributed by atoms with van der Waals surface area (Å²) in [6.07, 6.45) is 2.52. The van der Waals surface area contributed by atoms with Gasteiger partial charge in [-0.3, -0.25) is 0 Å². The van der Waals surface area contributed by atoms with Crippen LogP contribution in [0.5, 0.6) is 0 Å². The third-order valence-corrected chi connectivity index (χ3v) is 3.86. The van der Waals surface area contributed by atoms with Gasteiger partial charge in [0.05, 0.1) is 5.60 Å². The van der Waals surface area contributed by atoms with E-state index in [-0.39, 0.29) is 5.60 Å². The second-order valence-electron chi connectivity index (χ2n) is 6.75. The van der Waals surface area contributed by atoms with Crippen LogP contribution >= 0.6 is 0 Å². The molecule has 0 heterocycles. The van der Waals surface area contributed by atoms with Crippen LogP contribution in [0.15, 0.2) is 0 Å². The maximum Gasteiger partial charge on any atom is 0.0628 e. The second-order valence-corrected chi connectivity index (χ2v) is 6.75. The van der Waals surface area contributed by atoms with Crippen molar-refractivity contribution >= 4 is 0 Å². The van der Waals surface area contributed by atoms with Crippen LogP contribution in [0.1, 0.15) is 47.5 Å². The minimum absolute atomic E-state index is 0.0293. The molecule has 1 saturated carbocycles. The first-order valence-electron chi connectivity index (χ1n) is 6.55. The van der Waals surface area contributed by atoms with Crippen molar-refractivity contribution in [2.24, 2.45) is 17.3 Å². The highest BCUT2D eigenvalue weighted by atomic mass is 16.5. The fourth-order valence-corrected chi connectivity index (χ4v) is 2.63. The number of methoxy groups -OCH3 is 1. The van der Waals surface area contributed by atoms with Crippen LogP contribution in [0.25, 0.3) is 0 Å². The highest BCUT2D eigenvalue weighted by molar-refractivity contribution is 5.02. The fourth-order valence-electron chi connectivity index (χ4n) is 2.63. The van der Waals surface area contributed by atoms with Crippen LogP contribution in [0, 0.1) is 17.3 Å². The summed E-state index contributed by atoms with van der Waals surface area (Å²) in [6.45, 7) is 13.6. The van der Waals surface area contributed by atoms with Crippen molar-refractivity contribution in [3.63, 3.8) is 0 Å². The third kappa shape index (κ3) is 4.06. The smallest absolute Gasteiger partial charge is 0.0628 e. The second kappa shape index (κ2) is 5.05. The summed E-state index contributed by atoms with van der Waals surface area (Å²) in [7, 11) is 1.82. The van der Waals surface area contributed by atoms with E-state index < -0.39 is 0 Å². The fraction of sp³-hybridized carbons (Fsp3) is 1.00. The van der Waals surface area contributed by atoms with Gasteiger partial charge in [-0.25, -0.2) is 0 Å². The first-order chi connectivity index (χ1) is 7.29. The molecule has 1 fully saturated rings. The summed E-state index contributed by atoms with van der Waals surface area (Å²) in [5.74, 6) is 1.60. The minimum Gasteiger partial charge on any atom is -0.379 e. The summed E-state index contributed by atoms with van der Waals surface area (Å²) in [4.78, 5) is 0. The zero-order valence-electron chi connectivity index (χ0n) is 11.9. The molecule has 2 unspecified atom stereocenters. The van der Waals surface area contributed by atoms with Gasteiger partial charge in [-0.15, -0.1) is 0 Å². The molecule has 0 amide bonds. The largest absolute Gasteiger partial charge is 0.379 e. The predicted molar refractivity (Wildman–Crippen MR) is 69.6 cm³/mol. The van der Waals surface area contributed by atoms with Crippen molar-refractivity contribution in [3.05, 3.63) is 0 Å². The molecule has 1 aliphatic rings. The van der Waals surface area contributed by atoms with Gasteiger partial charge in [0, 0.05) is 7.11 Å². The highest BCUT2D eigenvalue weighted by Crippen LogP contribution is 2.56. The van der Waals surface area contributed by atoms with Crippen LogP contribution in [-0.2, 0) is 4.74 Å². The van der Waals surface area contributed by atoms with Gasteiger partial charge in [-0.2, -0.15) is 0 Å². The lowest BCUT2D eigenvalue weighted by Crippen LogP contribution is -2.29. The van der Waals surface area contributed by atoms with Crippen molar-refractivity contribution in [2.45, 2.75) is 53.1 Å². The Labute approximate surface area is 101 Å². The van der Waals surface area contributed by atoms with Crippen LogP contribution in [0.3, 0.4) is 0 Å². The molecule has 1 N–H and O–H groups in total. The molecular weight excluding hydrogens is 198 g/mol. The van der Waals surface area contributed by atoms with Crippen molar-refractivity contribution in [2.75, 3.05) is 20.2 Å². The zero-order valence-corrected chi connectivity index (χ0v) is 11.9. The number of hydrogen-bond donors (Lipinski definition) is 1. The Balaban J connectivity index is 2.25. The Bertz CT molecular complexity index is 225. The molecule has 2 heteroatoms. The van der Waals surface area contributed by atoms with Crippen LogP contribution in [-0.4, -0.2) is 25.8 Å². The van der Waals surface area contributed by atoms with Crippen LogP contribution in [0.2, 0.25) is 0 Å². The molecule has 0 spiro atoms. The van der Waals surface area contributed by atoms with Crippen molar-refractivity contribution in [1.29, 1.82) is 0 Å². The third-order valence-electron chi connectivity index (χ3n) is 3.86. The highest BCUT2D eigenvalue weighted by Gasteiger charge is 2.51. The van der Waals surface area contributed by atoms with Gasteiger partial charge in [0.1, 0.15) is 0 Å². The molecule has 1 rings (SSSR count). The number of ether oxygens (including phenoxy) is 1. The van der Waals surface area contributed by atoms with E-state index in [4.69, 9.17) is 4.74 Å². The van der Waals surface area contributed by atoms with E-state index >= 15 is 0 Å². The van der Waals surface area contributed by atoms with Gasteiger partial charge in [-0.1, -0.05) is 20.8 Å². The molecule has 2 nitrogen and oxygen atoms in total. The molecule has 0 radical (unpaired) electrons. The Kier molecular flexibility index (Phi) is 4.42. The summed E-state index contributed by atoms with van der Waals surface area (Å²) >= 11 is 0. The van der Waals surface area contributed by atoms with Gasteiger partial charge in [0.15, 0.2) is 0 Å². The molecule has 96 valence electrons. The molecule has 16 heavy (non-hydrogen) atoms. The van der Waals surface area contributed by atoms with E-state index in [1.54, 1.807) is 0 Å². The monoisotopic (exact) mass is 227 g/mol. The van der Waals surface area contributed by atoms with Gasteiger partial charge in [0.25, 0.3) is 0 Å². The summed E-state index contributed by atoms with van der Waals surface area (Å²) in [5.41, 5.74) is 0.533. The maximum absolute atomic E-state index is 5.52. The molecular formula is C14H29NO. The van der Waals surface area contributed by atoms with Crippen LogP contribution in [0.4, 0.5) is 0 Å². The van der Waals surface area contributed by atoms with Gasteiger partial charge < -0.3 is 10.1 Å². The lowest BCUT2D eigenvalue weighted by molar-refractivity contribution is -0.00170. The number of hydrogen-bond acceptors (Lipinski definition) is 2. The van der Waals surface area contributed by atoms with Gasteiger partial charge in [0.2, 0.25) is 0 Å². The lowest BCUT2D eigenvalue weighted by Gasteiger charge is -2.27. The Morgan fingerprint density at radius 3 is 2.56 bits per heavy atom. The standard InChI is InChI=1S/C14H29NO/c1-11(2)8-15-9-12-7-14(12,5)10-13(3,4)16-6/h11-12,15H,7-10H2,1-6H3. The van der Waals surface area contributed by atoms with E-state index in [2.05, 4.69) is 39.9 Å². The van der Waals surface area contributed by atoms with E-state index in [1.165, 1.54) is 19.4 Å². The van der Waals surface area contributed by atoms with Crippen molar-refractivity contribution in [3.8, 4) is 0 Å². The summed E-state index contributed by atoms with van der Waals surface area (Å²) in [6, 6.07) is 0. The average Bonchev–Trinajstić information content (AvgIpc) is 2.74. The molecule has 0 saturated heterocycles. The summed E-state index contributed by atoms with van der Waals surface area (Å²) in [5, 5.41) is 3.56. The Morgan fingerprint density at radius 1 is 1.44 bits per heavy atom. The Hall–Kier alpha value is -0.0800. The lowest BCUT2D eigenvalue weighted by atomic mass is 9.90. The number of rotatable bonds is 7. The van der Waals surface area contributed by atoms with Gasteiger partial charge >= 0.3 is 0 Å². The van der Waals surface area contributed by atoms with E-state index in [0.29, 0.717) is 5.41 Å². The quantitative estimate of drug-likeness (QED) is 0.721. The maximum atomic E-state index is 5.52. The molecule has 0 bridgehead atoms. The zero-order chi connectivity index (χ0) is 12.4. The first-order valence-corrected chi connectivity index (χ1v) is 6.55. The molecule has 0 aromatic rings. The Morgan fingerprint density at radius 2 is 2.06 bits per heavy atom.